The van der Waals surface area contributed by atoms with Crippen LogP contribution < -0.4 is 5.32 Å². The minimum atomic E-state index is -0.142. The lowest BCUT2D eigenvalue weighted by molar-refractivity contribution is -0.113. The fourth-order valence-corrected chi connectivity index (χ4v) is 6.77. The lowest BCUT2D eigenvalue weighted by Gasteiger charge is -2.04. The Hall–Kier alpha value is -2.03. The van der Waals surface area contributed by atoms with E-state index >= 15 is 0 Å². The molecule has 0 aliphatic heterocycles. The first-order valence-electron chi connectivity index (χ1n) is 9.95. The average Bonchev–Trinajstić information content (AvgIpc) is 3.21. The summed E-state index contributed by atoms with van der Waals surface area (Å²) in [6.45, 7) is 1.51. The van der Waals surface area contributed by atoms with Crippen LogP contribution in [-0.2, 0) is 4.79 Å². The second kappa shape index (κ2) is 11.1. The van der Waals surface area contributed by atoms with Gasteiger partial charge in [-0.3, -0.25) is 14.6 Å². The first-order valence-corrected chi connectivity index (χ1v) is 13.9. The third kappa shape index (κ3) is 6.34. The molecule has 34 heavy (non-hydrogen) atoms. The van der Waals surface area contributed by atoms with Gasteiger partial charge >= 0.3 is 0 Å². The molecule has 0 aliphatic rings. The van der Waals surface area contributed by atoms with E-state index in [0.717, 1.165) is 27.4 Å². The molecule has 6 nitrogen and oxygen atoms in total. The van der Waals surface area contributed by atoms with Crippen LogP contribution in [0, 0.1) is 7.14 Å². The number of phenolic OH excluding ortho intramolecular Hbond substituents is 1. The number of aliphatic imine (C=N–C) groups is 1. The summed E-state index contributed by atoms with van der Waals surface area (Å²) in [6, 6.07) is 16.3. The largest absolute Gasteiger partial charge is 0.506 e. The van der Waals surface area contributed by atoms with Gasteiger partial charge < -0.3 is 10.4 Å². The number of rotatable bonds is 7. The number of thioether (sulfide) groups is 1. The quantitative estimate of drug-likeness (QED) is 0.0943. The van der Waals surface area contributed by atoms with Crippen molar-refractivity contribution in [1.29, 1.82) is 0 Å². The van der Waals surface area contributed by atoms with Gasteiger partial charge in [-0.15, -0.1) is 11.3 Å². The number of nitrogens with one attached hydrogen (secondary N) is 1. The highest BCUT2D eigenvalue weighted by atomic mass is 127. The Morgan fingerprint density at radius 3 is 2.65 bits per heavy atom. The summed E-state index contributed by atoms with van der Waals surface area (Å²) in [5, 5.41) is 13.1. The molecule has 0 saturated carbocycles. The van der Waals surface area contributed by atoms with Gasteiger partial charge in [-0.1, -0.05) is 11.8 Å². The van der Waals surface area contributed by atoms with Crippen LogP contribution in [0.15, 0.2) is 63.9 Å². The second-order valence-electron chi connectivity index (χ2n) is 7.19. The molecular formula is C24H17I2N3O3S2. The lowest BCUT2D eigenvalue weighted by Crippen LogP contribution is -2.13. The maximum absolute atomic E-state index is 12.3. The number of ketones is 1. The zero-order chi connectivity index (χ0) is 24.2. The zero-order valence-electron chi connectivity index (χ0n) is 17.7. The number of amides is 1. The Morgan fingerprint density at radius 2 is 1.91 bits per heavy atom. The number of phenols is 1. The van der Waals surface area contributed by atoms with Crippen LogP contribution >= 0.6 is 68.3 Å². The first kappa shape index (κ1) is 25.1. The van der Waals surface area contributed by atoms with E-state index in [1.54, 1.807) is 30.5 Å². The number of aromatic nitrogens is 1. The fourth-order valence-electron chi connectivity index (χ4n) is 2.98. The number of aromatic hydroxyl groups is 1. The number of carbonyl (C=O) groups is 2. The topological polar surface area (TPSA) is 91.7 Å². The third-order valence-electron chi connectivity index (χ3n) is 4.66. The average molecular weight is 713 g/mol. The van der Waals surface area contributed by atoms with Crippen molar-refractivity contribution in [3.8, 4) is 5.75 Å². The van der Waals surface area contributed by atoms with Gasteiger partial charge in [0.2, 0.25) is 5.91 Å². The summed E-state index contributed by atoms with van der Waals surface area (Å²) < 4.78 is 3.57. The SMILES string of the molecule is CC(=O)c1ccc(NC(=O)CSc2nc3ccc(N=Cc4cc(I)cc(I)c4O)cc3s2)cc1. The predicted molar refractivity (Wildman–Crippen MR) is 156 cm³/mol. The number of nitrogens with zero attached hydrogens (tertiary/aromatic N) is 2. The van der Waals surface area contributed by atoms with E-state index in [0.29, 0.717) is 16.8 Å². The number of halogens is 2. The number of fused-ring (bicyclic) bond motifs is 1. The van der Waals surface area contributed by atoms with E-state index in [9.17, 15) is 14.7 Å². The predicted octanol–water partition coefficient (Wildman–Crippen LogP) is 6.90. The van der Waals surface area contributed by atoms with Crippen LogP contribution in [0.3, 0.4) is 0 Å². The van der Waals surface area contributed by atoms with E-state index < -0.39 is 0 Å². The Balaban J connectivity index is 1.40. The number of carbonyl (C=O) groups excluding carboxylic acids is 2. The van der Waals surface area contributed by atoms with Crippen molar-refractivity contribution in [2.24, 2.45) is 4.99 Å². The van der Waals surface area contributed by atoms with Gasteiger partial charge in [0.1, 0.15) is 5.75 Å². The summed E-state index contributed by atoms with van der Waals surface area (Å²) in [4.78, 5) is 32.8. The molecule has 0 saturated heterocycles. The van der Waals surface area contributed by atoms with Gasteiger partial charge in [0.25, 0.3) is 0 Å². The number of anilines is 1. The molecule has 0 radical (unpaired) electrons. The second-order valence-corrected chi connectivity index (χ2v) is 11.8. The Morgan fingerprint density at radius 1 is 1.15 bits per heavy atom. The minimum absolute atomic E-state index is 0.0131. The van der Waals surface area contributed by atoms with Crippen LogP contribution in [0.5, 0.6) is 5.75 Å². The fraction of sp³-hybridized carbons (Fsp3) is 0.0833. The zero-order valence-corrected chi connectivity index (χ0v) is 23.7. The molecule has 2 N–H and O–H groups in total. The number of hydrogen-bond acceptors (Lipinski definition) is 7. The third-order valence-corrected chi connectivity index (χ3v) is 8.27. The Labute approximate surface area is 231 Å². The smallest absolute Gasteiger partial charge is 0.234 e. The Kier molecular flexibility index (Phi) is 8.22. The molecule has 0 fully saturated rings. The highest BCUT2D eigenvalue weighted by molar-refractivity contribution is 14.1. The molecule has 4 rings (SSSR count). The van der Waals surface area contributed by atoms with Crippen LogP contribution in [0.4, 0.5) is 11.4 Å². The lowest BCUT2D eigenvalue weighted by atomic mass is 10.1. The maximum Gasteiger partial charge on any atom is 0.234 e. The van der Waals surface area contributed by atoms with Crippen molar-refractivity contribution in [3.63, 3.8) is 0 Å². The highest BCUT2D eigenvalue weighted by Gasteiger charge is 2.10. The molecule has 3 aromatic carbocycles. The van der Waals surface area contributed by atoms with Crippen molar-refractivity contribution in [1.82, 2.24) is 4.98 Å². The molecule has 4 aromatic rings. The van der Waals surface area contributed by atoms with Crippen molar-refractivity contribution < 1.29 is 14.7 Å². The van der Waals surface area contributed by atoms with Gasteiger partial charge in [0.15, 0.2) is 10.1 Å². The van der Waals surface area contributed by atoms with Crippen LogP contribution in [0.2, 0.25) is 0 Å². The van der Waals surface area contributed by atoms with Gasteiger partial charge in [-0.2, -0.15) is 0 Å². The molecular weight excluding hydrogens is 696 g/mol. The van der Waals surface area contributed by atoms with Gasteiger partial charge in [0, 0.05) is 26.6 Å². The maximum atomic E-state index is 12.3. The van der Waals surface area contributed by atoms with Crippen molar-refractivity contribution >= 4 is 108 Å². The number of Topliss-reactive ketones (excluding diaryl/α,β-unsaturated/α-hetero) is 1. The minimum Gasteiger partial charge on any atom is -0.506 e. The van der Waals surface area contributed by atoms with Crippen LogP contribution in [-0.4, -0.2) is 33.7 Å². The van der Waals surface area contributed by atoms with E-state index in [4.69, 9.17) is 0 Å². The van der Waals surface area contributed by atoms with Gasteiger partial charge in [-0.25, -0.2) is 4.98 Å². The summed E-state index contributed by atoms with van der Waals surface area (Å²) >= 11 is 7.18. The molecule has 0 spiro atoms. The van der Waals surface area contributed by atoms with E-state index in [1.807, 2.05) is 30.3 Å². The first-order chi connectivity index (χ1) is 16.3. The molecule has 1 amide bonds. The molecule has 0 bridgehead atoms. The summed E-state index contributed by atoms with van der Waals surface area (Å²) in [5.41, 5.74) is 3.52. The monoisotopic (exact) mass is 713 g/mol. The number of benzene rings is 3. The van der Waals surface area contributed by atoms with Gasteiger partial charge in [0.05, 0.1) is 25.2 Å². The summed E-state index contributed by atoms with van der Waals surface area (Å²) in [6.07, 6.45) is 1.66. The number of thiazole rings is 1. The normalized spacial score (nSPS) is 11.3. The standard InChI is InChI=1S/C24H17I2N3O3S2/c1-13(30)14-2-4-17(5-3-14)28-22(31)12-33-24-29-20-7-6-18(10-21(20)34-24)27-11-15-8-16(25)9-19(26)23(15)32/h2-11,32H,12H2,1H3,(H,28,31). The van der Waals surface area contributed by atoms with Crippen LogP contribution in [0.25, 0.3) is 10.2 Å². The van der Waals surface area contributed by atoms with Gasteiger partial charge in [-0.05, 0) is 107 Å². The van der Waals surface area contributed by atoms with E-state index in [1.165, 1.54) is 30.0 Å². The van der Waals surface area contributed by atoms with Crippen molar-refractivity contribution in [2.75, 3.05) is 11.1 Å². The van der Waals surface area contributed by atoms with Crippen LogP contribution in [0.1, 0.15) is 22.8 Å². The molecule has 0 atom stereocenters. The van der Waals surface area contributed by atoms with E-state index in [-0.39, 0.29) is 23.2 Å². The molecule has 10 heteroatoms. The van der Waals surface area contributed by atoms with E-state index in [2.05, 4.69) is 60.5 Å². The molecule has 0 aliphatic carbocycles. The summed E-state index contributed by atoms with van der Waals surface area (Å²) in [7, 11) is 0. The number of hydrogen-bond donors (Lipinski definition) is 2. The van der Waals surface area contributed by atoms with Crippen molar-refractivity contribution in [2.45, 2.75) is 11.3 Å². The molecule has 172 valence electrons. The van der Waals surface area contributed by atoms with Crippen molar-refractivity contribution in [3.05, 3.63) is 72.9 Å². The highest BCUT2D eigenvalue weighted by Crippen LogP contribution is 2.32. The summed E-state index contributed by atoms with van der Waals surface area (Å²) in [5.74, 6) is 0.289. The molecule has 1 heterocycles. The molecule has 0 unspecified atom stereocenters. The molecule has 1 aromatic heterocycles. The Bertz CT molecular complexity index is 1420.